The van der Waals surface area contributed by atoms with Gasteiger partial charge in [-0.1, -0.05) is 24.0 Å². The maximum atomic E-state index is 10.3. The van der Waals surface area contributed by atoms with E-state index in [2.05, 4.69) is 16.8 Å². The Morgan fingerprint density at radius 3 is 2.42 bits per heavy atom. The van der Waals surface area contributed by atoms with Gasteiger partial charge < -0.3 is 9.84 Å². The van der Waals surface area contributed by atoms with E-state index in [9.17, 15) is 5.11 Å². The van der Waals surface area contributed by atoms with Gasteiger partial charge in [-0.15, -0.1) is 11.3 Å². The van der Waals surface area contributed by atoms with Crippen LogP contribution in [-0.4, -0.2) is 17.2 Å². The molecule has 0 aliphatic carbocycles. The molecule has 0 saturated heterocycles. The van der Waals surface area contributed by atoms with Gasteiger partial charge in [0.05, 0.1) is 22.9 Å². The van der Waals surface area contributed by atoms with Crippen LogP contribution in [0.25, 0.3) is 20.8 Å². The summed E-state index contributed by atoms with van der Waals surface area (Å²) >= 11 is 1.56. The Morgan fingerprint density at radius 1 is 0.923 bits per heavy atom. The molecule has 0 aliphatic heterocycles. The molecule has 3 aromatic carbocycles. The van der Waals surface area contributed by atoms with Gasteiger partial charge in [0.1, 0.15) is 16.5 Å². The highest BCUT2D eigenvalue weighted by atomic mass is 32.1. The molecule has 4 heteroatoms. The number of methoxy groups -OCH3 is 1. The van der Waals surface area contributed by atoms with Gasteiger partial charge in [-0.05, 0) is 54.6 Å². The number of aromatic nitrogens is 1. The van der Waals surface area contributed by atoms with E-state index >= 15 is 0 Å². The molecule has 0 amide bonds. The van der Waals surface area contributed by atoms with Crippen LogP contribution in [0.5, 0.6) is 11.5 Å². The van der Waals surface area contributed by atoms with Crippen LogP contribution in [0.2, 0.25) is 0 Å². The van der Waals surface area contributed by atoms with Gasteiger partial charge in [-0.3, -0.25) is 0 Å². The zero-order valence-corrected chi connectivity index (χ0v) is 14.9. The van der Waals surface area contributed by atoms with Crippen molar-refractivity contribution < 1.29 is 9.84 Å². The summed E-state index contributed by atoms with van der Waals surface area (Å²) in [7, 11) is 1.64. The minimum Gasteiger partial charge on any atom is -0.507 e. The van der Waals surface area contributed by atoms with Crippen molar-refractivity contribution in [2.24, 2.45) is 0 Å². The molecule has 4 aromatic rings. The second-order valence-electron chi connectivity index (χ2n) is 5.70. The Labute approximate surface area is 155 Å². The minimum absolute atomic E-state index is 0.207. The lowest BCUT2D eigenvalue weighted by atomic mass is 10.1. The number of thiazole rings is 1. The molecule has 0 saturated carbocycles. The van der Waals surface area contributed by atoms with Gasteiger partial charge in [-0.2, -0.15) is 0 Å². The predicted octanol–water partition coefficient (Wildman–Crippen LogP) is 5.08. The molecule has 1 N–H and O–H groups in total. The van der Waals surface area contributed by atoms with Gasteiger partial charge in [-0.25, -0.2) is 4.98 Å². The number of rotatable bonds is 2. The molecule has 0 unspecified atom stereocenters. The zero-order chi connectivity index (χ0) is 17.9. The van der Waals surface area contributed by atoms with E-state index in [0.29, 0.717) is 5.56 Å². The maximum absolute atomic E-state index is 10.3. The third kappa shape index (κ3) is 3.26. The molecule has 26 heavy (non-hydrogen) atoms. The van der Waals surface area contributed by atoms with Gasteiger partial charge >= 0.3 is 0 Å². The van der Waals surface area contributed by atoms with Crippen LogP contribution in [0.15, 0.2) is 66.7 Å². The molecule has 0 fully saturated rings. The molecule has 0 radical (unpaired) electrons. The zero-order valence-electron chi connectivity index (χ0n) is 14.1. The van der Waals surface area contributed by atoms with Crippen molar-refractivity contribution in [1.29, 1.82) is 0 Å². The number of phenolic OH excluding ortho intramolecular Hbond substituents is 1. The van der Waals surface area contributed by atoms with Gasteiger partial charge in [0.25, 0.3) is 0 Å². The summed E-state index contributed by atoms with van der Waals surface area (Å²) in [4.78, 5) is 4.62. The summed E-state index contributed by atoms with van der Waals surface area (Å²) in [5.41, 5.74) is 3.36. The fourth-order valence-corrected chi connectivity index (χ4v) is 3.58. The summed E-state index contributed by atoms with van der Waals surface area (Å²) < 4.78 is 6.25. The third-order valence-electron chi connectivity index (χ3n) is 3.96. The van der Waals surface area contributed by atoms with Crippen LogP contribution in [0.1, 0.15) is 11.1 Å². The van der Waals surface area contributed by atoms with Crippen molar-refractivity contribution in [3.63, 3.8) is 0 Å². The van der Waals surface area contributed by atoms with Gasteiger partial charge in [0, 0.05) is 11.1 Å². The first kappa shape index (κ1) is 16.2. The van der Waals surface area contributed by atoms with E-state index in [-0.39, 0.29) is 5.75 Å². The van der Waals surface area contributed by atoms with E-state index in [1.54, 1.807) is 24.5 Å². The maximum Gasteiger partial charge on any atom is 0.128 e. The predicted molar refractivity (Wildman–Crippen MR) is 106 cm³/mol. The third-order valence-corrected chi connectivity index (χ3v) is 5.03. The average Bonchev–Trinajstić information content (AvgIpc) is 3.11. The van der Waals surface area contributed by atoms with Crippen LogP contribution >= 0.6 is 11.3 Å². The van der Waals surface area contributed by atoms with Crippen molar-refractivity contribution in [2.75, 3.05) is 7.11 Å². The minimum atomic E-state index is 0.207. The van der Waals surface area contributed by atoms with E-state index in [4.69, 9.17) is 4.74 Å². The van der Waals surface area contributed by atoms with Crippen LogP contribution in [0.3, 0.4) is 0 Å². The first-order valence-electron chi connectivity index (χ1n) is 8.08. The quantitative estimate of drug-likeness (QED) is 0.509. The normalized spacial score (nSPS) is 10.3. The number of aromatic hydroxyl groups is 1. The van der Waals surface area contributed by atoms with Crippen LogP contribution in [-0.2, 0) is 0 Å². The number of nitrogens with zero attached hydrogens (tertiary/aromatic N) is 1. The molecule has 0 bridgehead atoms. The van der Waals surface area contributed by atoms with E-state index in [1.165, 1.54) is 0 Å². The highest BCUT2D eigenvalue weighted by Gasteiger charge is 2.10. The molecule has 0 spiro atoms. The number of fused-ring (bicyclic) bond motifs is 1. The molecular formula is C22H15NO2S. The highest BCUT2D eigenvalue weighted by Crippen LogP contribution is 2.35. The summed E-state index contributed by atoms with van der Waals surface area (Å²) in [6.07, 6.45) is 0. The summed E-state index contributed by atoms with van der Waals surface area (Å²) in [5.74, 6) is 7.29. The fraction of sp³-hybridized carbons (Fsp3) is 0.0455. The Bertz CT molecular complexity index is 1100. The second kappa shape index (κ2) is 6.91. The van der Waals surface area contributed by atoms with Crippen molar-refractivity contribution in [3.05, 3.63) is 77.9 Å². The Hall–Kier alpha value is -3.29. The Kier molecular flexibility index (Phi) is 4.30. The summed E-state index contributed by atoms with van der Waals surface area (Å²) in [5, 5.41) is 11.0. The molecular weight excluding hydrogens is 342 g/mol. The van der Waals surface area contributed by atoms with Crippen LogP contribution in [0, 0.1) is 11.8 Å². The summed E-state index contributed by atoms with van der Waals surface area (Å²) in [6.45, 7) is 0. The topological polar surface area (TPSA) is 42.4 Å². The number of hydrogen-bond acceptors (Lipinski definition) is 4. The van der Waals surface area contributed by atoms with E-state index < -0.39 is 0 Å². The lowest BCUT2D eigenvalue weighted by molar-refractivity contribution is 0.415. The van der Waals surface area contributed by atoms with Crippen molar-refractivity contribution in [1.82, 2.24) is 4.98 Å². The van der Waals surface area contributed by atoms with Crippen molar-refractivity contribution >= 4 is 21.6 Å². The van der Waals surface area contributed by atoms with Crippen molar-refractivity contribution in [2.45, 2.75) is 0 Å². The lowest BCUT2D eigenvalue weighted by Crippen LogP contribution is -1.83. The molecule has 0 aliphatic rings. The molecule has 4 rings (SSSR count). The standard InChI is InChI=1S/C22H15NO2S/c1-25-17-11-8-15(9-12-17)6-7-16-10-13-20(24)18(14-16)22-23-19-4-2-3-5-21(19)26-22/h2-5,8-14,24H,1H3. The second-order valence-corrected chi connectivity index (χ2v) is 6.73. The number of phenols is 1. The molecule has 1 aromatic heterocycles. The Morgan fingerprint density at radius 2 is 1.65 bits per heavy atom. The number of benzene rings is 3. The van der Waals surface area contributed by atoms with Crippen LogP contribution in [0.4, 0.5) is 0 Å². The van der Waals surface area contributed by atoms with Gasteiger partial charge in [0.15, 0.2) is 0 Å². The van der Waals surface area contributed by atoms with Crippen molar-refractivity contribution in [3.8, 4) is 33.9 Å². The first-order chi connectivity index (χ1) is 12.7. The SMILES string of the molecule is COc1ccc(C#Cc2ccc(O)c(-c3nc4ccccc4s3)c2)cc1. The average molecular weight is 357 g/mol. The lowest BCUT2D eigenvalue weighted by Gasteiger charge is -2.01. The Balaban J connectivity index is 1.69. The fourth-order valence-electron chi connectivity index (χ4n) is 2.59. The molecule has 126 valence electrons. The van der Waals surface area contributed by atoms with Crippen LogP contribution < -0.4 is 4.74 Å². The van der Waals surface area contributed by atoms with Gasteiger partial charge in [0.2, 0.25) is 0 Å². The number of para-hydroxylation sites is 1. The largest absolute Gasteiger partial charge is 0.507 e. The first-order valence-corrected chi connectivity index (χ1v) is 8.89. The summed E-state index contributed by atoms with van der Waals surface area (Å²) in [6, 6.07) is 20.9. The number of ether oxygens (including phenoxy) is 1. The monoisotopic (exact) mass is 357 g/mol. The molecule has 1 heterocycles. The molecule has 0 atom stereocenters. The molecule has 3 nitrogen and oxygen atoms in total. The van der Waals surface area contributed by atoms with E-state index in [1.807, 2.05) is 60.7 Å². The van der Waals surface area contributed by atoms with E-state index in [0.717, 1.165) is 32.1 Å². The smallest absolute Gasteiger partial charge is 0.128 e. The number of hydrogen-bond donors (Lipinski definition) is 1. The highest BCUT2D eigenvalue weighted by molar-refractivity contribution is 7.21.